The minimum Gasteiger partial charge on any atom is -0.677 e. The number of rotatable bonds is 24. The predicted molar refractivity (Wildman–Crippen MR) is 170 cm³/mol. The van der Waals surface area contributed by atoms with Gasteiger partial charge in [0.2, 0.25) is 0 Å². The molecule has 0 fully saturated rings. The molecule has 224 valence electrons. The van der Waals surface area contributed by atoms with Crippen LogP contribution in [0.4, 0.5) is 0 Å². The van der Waals surface area contributed by atoms with Gasteiger partial charge in [0, 0.05) is 0 Å². The Morgan fingerprint density at radius 3 is 0.514 bits per heavy atom. The summed E-state index contributed by atoms with van der Waals surface area (Å²) in [4.78, 5) is 0. The molecule has 0 radical (unpaired) electrons. The van der Waals surface area contributed by atoms with E-state index in [1.54, 1.807) is 0 Å². The average molecular weight is 561 g/mol. The summed E-state index contributed by atoms with van der Waals surface area (Å²) in [5.74, 6) is 0. The van der Waals surface area contributed by atoms with E-state index >= 15 is 0 Å². The molecule has 0 aromatic carbocycles. The van der Waals surface area contributed by atoms with Crippen LogP contribution in [0.5, 0.6) is 0 Å². The monoisotopic (exact) mass is 561 g/mol. The zero-order chi connectivity index (χ0) is 27.8. The number of hydrogen-bond acceptors (Lipinski definition) is 0. The van der Waals surface area contributed by atoms with Crippen molar-refractivity contribution in [3.63, 3.8) is 0 Å². The second kappa shape index (κ2) is 56.7. The first kappa shape index (κ1) is 47.3. The Morgan fingerprint density at radius 1 is 0.243 bits per heavy atom. The second-order valence-corrected chi connectivity index (χ2v) is 10.1. The Balaban J connectivity index is -0.000000122. The quantitative estimate of drug-likeness (QED) is 0.0829. The maximum atomic E-state index is 6.88. The summed E-state index contributed by atoms with van der Waals surface area (Å²) >= 11 is 0. The van der Waals surface area contributed by atoms with E-state index in [4.69, 9.17) is 22.9 Å². The molecule has 0 aliphatic carbocycles. The van der Waals surface area contributed by atoms with Crippen LogP contribution < -0.4 is 0 Å². The van der Waals surface area contributed by atoms with Crippen molar-refractivity contribution >= 4 is 0 Å². The van der Waals surface area contributed by atoms with Crippen molar-refractivity contribution in [2.45, 2.75) is 182 Å². The van der Waals surface area contributed by atoms with Crippen LogP contribution in [-0.2, 0) is 21.7 Å². The van der Waals surface area contributed by atoms with Gasteiger partial charge in [-0.1, -0.05) is 182 Å². The minimum atomic E-state index is 0. The average Bonchev–Trinajstić information content (AvgIpc) is 2.90. The van der Waals surface area contributed by atoms with E-state index in [0.29, 0.717) is 26.2 Å². The molecule has 0 atom stereocenters. The molecule has 0 unspecified atom stereocenters. The molecule has 0 heterocycles. The summed E-state index contributed by atoms with van der Waals surface area (Å²) in [6.07, 6.45) is 31.1. The second-order valence-electron chi connectivity index (χ2n) is 10.1. The summed E-state index contributed by atoms with van der Waals surface area (Å²) in [5.41, 5.74) is 27.5. The third-order valence-corrected chi connectivity index (χ3v) is 6.12. The molecule has 37 heavy (non-hydrogen) atoms. The van der Waals surface area contributed by atoms with Gasteiger partial charge in [-0.25, -0.2) is 0 Å². The standard InChI is InChI=1S/4C8H18N.Ti/c4*1-2-3-4-5-6-7-8-9;/h4*9H,2-8H2,1H3;/q4*-1;+4. The first-order valence-electron chi connectivity index (χ1n) is 16.2. The van der Waals surface area contributed by atoms with Crippen LogP contribution in [0.15, 0.2) is 0 Å². The van der Waals surface area contributed by atoms with E-state index in [1.165, 1.54) is 128 Å². The third-order valence-electron chi connectivity index (χ3n) is 6.12. The first-order chi connectivity index (χ1) is 17.7. The molecule has 0 aliphatic heterocycles. The molecule has 0 saturated heterocycles. The van der Waals surface area contributed by atoms with Crippen LogP contribution in [0.3, 0.4) is 0 Å². The molecule has 5 heteroatoms. The molecule has 4 nitrogen and oxygen atoms in total. The predicted octanol–water partition coefficient (Wildman–Crippen LogP) is 13.6. The summed E-state index contributed by atoms with van der Waals surface area (Å²) in [7, 11) is 0. The molecule has 0 aliphatic rings. The molecule has 0 amide bonds. The molecule has 0 spiro atoms. The fourth-order valence-corrected chi connectivity index (χ4v) is 3.62. The van der Waals surface area contributed by atoms with Gasteiger partial charge in [-0.3, -0.25) is 0 Å². The fourth-order valence-electron chi connectivity index (χ4n) is 3.62. The van der Waals surface area contributed by atoms with Crippen molar-refractivity contribution in [3.05, 3.63) is 22.9 Å². The normalized spacial score (nSPS) is 9.73. The summed E-state index contributed by atoms with van der Waals surface area (Å²) in [5, 5.41) is 0. The van der Waals surface area contributed by atoms with Gasteiger partial charge in [-0.15, -0.1) is 0 Å². The van der Waals surface area contributed by atoms with E-state index in [9.17, 15) is 0 Å². The first-order valence-corrected chi connectivity index (χ1v) is 16.2. The minimum absolute atomic E-state index is 0. The fraction of sp³-hybridized carbons (Fsp3) is 1.00. The molecule has 0 aromatic rings. The van der Waals surface area contributed by atoms with Crippen LogP contribution in [0.1, 0.15) is 182 Å². The maximum absolute atomic E-state index is 6.88. The van der Waals surface area contributed by atoms with Crippen LogP contribution in [0.25, 0.3) is 22.9 Å². The van der Waals surface area contributed by atoms with Gasteiger partial charge in [0.15, 0.2) is 0 Å². The Morgan fingerprint density at radius 2 is 0.378 bits per heavy atom. The Hall–Kier alpha value is 0.554. The molecule has 0 bridgehead atoms. The maximum Gasteiger partial charge on any atom is 4.00 e. The number of unbranched alkanes of at least 4 members (excludes halogenated alkanes) is 20. The van der Waals surface area contributed by atoms with Crippen molar-refractivity contribution in [2.75, 3.05) is 26.2 Å². The Kier molecular flexibility index (Phi) is 72.5. The van der Waals surface area contributed by atoms with E-state index in [0.717, 1.165) is 25.7 Å². The van der Waals surface area contributed by atoms with Crippen LogP contribution >= 0.6 is 0 Å². The van der Waals surface area contributed by atoms with Gasteiger partial charge in [-0.05, 0) is 0 Å². The number of nitrogens with one attached hydrogen (secondary N) is 4. The number of hydrogen-bond donors (Lipinski definition) is 0. The summed E-state index contributed by atoms with van der Waals surface area (Å²) in [6.45, 7) is 11.4. The Labute approximate surface area is 251 Å². The van der Waals surface area contributed by atoms with Gasteiger partial charge < -0.3 is 22.9 Å². The zero-order valence-electron chi connectivity index (χ0n) is 26.3. The molecule has 0 saturated carbocycles. The van der Waals surface area contributed by atoms with E-state index in [1.807, 2.05) is 0 Å². The SMILES string of the molecule is CCCCCCCC[NH-].CCCCCCCC[NH-].CCCCCCCC[NH-].CCCCCCCC[NH-].[Ti+4]. The zero-order valence-corrected chi connectivity index (χ0v) is 27.9. The van der Waals surface area contributed by atoms with E-state index in [-0.39, 0.29) is 21.7 Å². The smallest absolute Gasteiger partial charge is 0.677 e. The van der Waals surface area contributed by atoms with Crippen LogP contribution in [-0.4, -0.2) is 26.2 Å². The van der Waals surface area contributed by atoms with Gasteiger partial charge >= 0.3 is 21.7 Å². The van der Waals surface area contributed by atoms with Gasteiger partial charge in [0.1, 0.15) is 0 Å². The third kappa shape index (κ3) is 72.4. The van der Waals surface area contributed by atoms with E-state index in [2.05, 4.69) is 27.7 Å². The topological polar surface area (TPSA) is 95.2 Å². The summed E-state index contributed by atoms with van der Waals surface area (Å²) < 4.78 is 0. The van der Waals surface area contributed by atoms with Crippen molar-refractivity contribution in [3.8, 4) is 0 Å². The van der Waals surface area contributed by atoms with Crippen molar-refractivity contribution in [1.82, 2.24) is 0 Å². The van der Waals surface area contributed by atoms with Crippen molar-refractivity contribution < 1.29 is 21.7 Å². The van der Waals surface area contributed by atoms with Gasteiger partial charge in [-0.2, -0.15) is 26.2 Å². The van der Waals surface area contributed by atoms with Gasteiger partial charge in [0.25, 0.3) is 0 Å². The molecular weight excluding hydrogens is 488 g/mol. The van der Waals surface area contributed by atoms with Crippen molar-refractivity contribution in [2.24, 2.45) is 0 Å². The summed E-state index contributed by atoms with van der Waals surface area (Å²) in [6, 6.07) is 0. The molecule has 4 N–H and O–H groups in total. The van der Waals surface area contributed by atoms with Gasteiger partial charge in [0.05, 0.1) is 0 Å². The largest absolute Gasteiger partial charge is 4.00 e. The van der Waals surface area contributed by atoms with Crippen molar-refractivity contribution in [1.29, 1.82) is 0 Å². The molecular formula is C32H72N4Ti. The van der Waals surface area contributed by atoms with Crippen LogP contribution in [0.2, 0.25) is 0 Å². The Bertz CT molecular complexity index is 214. The molecule has 0 aromatic heterocycles. The molecule has 0 rings (SSSR count). The van der Waals surface area contributed by atoms with Crippen LogP contribution in [0, 0.1) is 0 Å². The van der Waals surface area contributed by atoms with E-state index < -0.39 is 0 Å².